The van der Waals surface area contributed by atoms with Crippen LogP contribution in [0.5, 0.6) is 0 Å². The molecule has 2 aliphatic rings. The van der Waals surface area contributed by atoms with Crippen molar-refractivity contribution in [3.05, 3.63) is 0 Å². The van der Waals surface area contributed by atoms with E-state index in [1.54, 1.807) is 7.05 Å². The maximum Gasteiger partial charge on any atom is 0.245 e. The number of hydrogen-bond acceptors (Lipinski definition) is 3. The second-order valence-electron chi connectivity index (χ2n) is 6.80. The molecule has 2 unspecified atom stereocenters. The van der Waals surface area contributed by atoms with E-state index < -0.39 is 0 Å². The molecule has 2 atom stereocenters. The van der Waals surface area contributed by atoms with E-state index in [0.29, 0.717) is 11.8 Å². The summed E-state index contributed by atoms with van der Waals surface area (Å²) in [5, 5.41) is 1.31. The van der Waals surface area contributed by atoms with Crippen LogP contribution < -0.4 is 0 Å². The van der Waals surface area contributed by atoms with E-state index in [1.165, 1.54) is 31.4 Å². The van der Waals surface area contributed by atoms with Gasteiger partial charge >= 0.3 is 0 Å². The van der Waals surface area contributed by atoms with E-state index in [-0.39, 0.29) is 11.5 Å². The number of fused-ring (bicyclic) bond motifs is 1. The number of carbonyl (C=O) groups excluding carboxylic acids is 1. The van der Waals surface area contributed by atoms with Crippen molar-refractivity contribution in [1.82, 2.24) is 5.06 Å². The second-order valence-corrected chi connectivity index (χ2v) is 6.80. The van der Waals surface area contributed by atoms with Crippen LogP contribution in [0.4, 0.5) is 0 Å². The summed E-state index contributed by atoms with van der Waals surface area (Å²) < 4.78 is 5.96. The fourth-order valence-electron chi connectivity index (χ4n) is 3.28. The van der Waals surface area contributed by atoms with Crippen molar-refractivity contribution in [2.24, 2.45) is 11.3 Å². The molecule has 1 aliphatic heterocycles. The lowest BCUT2D eigenvalue weighted by Crippen LogP contribution is -2.34. The third-order valence-corrected chi connectivity index (χ3v) is 4.79. The third-order valence-electron chi connectivity index (χ3n) is 4.79. The molecule has 19 heavy (non-hydrogen) atoms. The summed E-state index contributed by atoms with van der Waals surface area (Å²) in [6.07, 6.45) is 6.36. The molecule has 2 rings (SSSR count). The van der Waals surface area contributed by atoms with Crippen LogP contribution in [-0.2, 0) is 14.4 Å². The van der Waals surface area contributed by atoms with Gasteiger partial charge in [0.1, 0.15) is 0 Å². The first-order valence-electron chi connectivity index (χ1n) is 7.33. The summed E-state index contributed by atoms with van der Waals surface area (Å²) in [5.41, 5.74) is 0.521. The first-order valence-corrected chi connectivity index (χ1v) is 7.33. The molecule has 1 aliphatic carbocycles. The van der Waals surface area contributed by atoms with Crippen LogP contribution in [0.1, 0.15) is 52.4 Å². The molecular weight excluding hydrogens is 242 g/mol. The Morgan fingerprint density at radius 3 is 2.74 bits per heavy atom. The van der Waals surface area contributed by atoms with Crippen LogP contribution in [0.2, 0.25) is 0 Å². The van der Waals surface area contributed by atoms with Crippen LogP contribution in [0.25, 0.3) is 0 Å². The molecule has 0 N–H and O–H groups in total. The average Bonchev–Trinajstić information content (AvgIpc) is 3.05. The Kier molecular flexibility index (Phi) is 4.21. The van der Waals surface area contributed by atoms with Gasteiger partial charge in [-0.1, -0.05) is 6.42 Å². The number of rotatable bonds is 6. The van der Waals surface area contributed by atoms with Crippen molar-refractivity contribution >= 4 is 5.91 Å². The number of carbonyl (C=O) groups is 1. The minimum absolute atomic E-state index is 0.0633. The Hall–Kier alpha value is -0.610. The van der Waals surface area contributed by atoms with Crippen molar-refractivity contribution < 1.29 is 14.4 Å². The first-order chi connectivity index (χ1) is 8.88. The van der Waals surface area contributed by atoms with Crippen LogP contribution >= 0.6 is 0 Å². The zero-order valence-corrected chi connectivity index (χ0v) is 12.7. The van der Waals surface area contributed by atoms with Gasteiger partial charge < -0.3 is 4.74 Å². The lowest BCUT2D eigenvalue weighted by molar-refractivity contribution is -0.168. The van der Waals surface area contributed by atoms with Gasteiger partial charge in [0.15, 0.2) is 0 Å². The summed E-state index contributed by atoms with van der Waals surface area (Å²) in [6.45, 7) is 5.29. The highest BCUT2D eigenvalue weighted by atomic mass is 16.7. The van der Waals surface area contributed by atoms with Crippen LogP contribution in [-0.4, -0.2) is 37.3 Å². The van der Waals surface area contributed by atoms with Gasteiger partial charge in [0.25, 0.3) is 0 Å². The highest BCUT2D eigenvalue weighted by molar-refractivity contribution is 5.74. The normalized spacial score (nSPS) is 31.7. The summed E-state index contributed by atoms with van der Waals surface area (Å²) in [4.78, 5) is 16.5. The summed E-state index contributed by atoms with van der Waals surface area (Å²) in [7, 11) is 3.18. The molecule has 0 aromatic carbocycles. The monoisotopic (exact) mass is 269 g/mol. The van der Waals surface area contributed by atoms with Gasteiger partial charge in [-0.05, 0) is 50.9 Å². The fraction of sp³-hybridized carbons (Fsp3) is 0.933. The van der Waals surface area contributed by atoms with Gasteiger partial charge in [-0.3, -0.25) is 9.63 Å². The summed E-state index contributed by atoms with van der Waals surface area (Å²) in [5.74, 6) is 0.918. The Labute approximate surface area is 116 Å². The van der Waals surface area contributed by atoms with Gasteiger partial charge in [0.2, 0.25) is 5.91 Å². The molecule has 1 amide bonds. The lowest BCUT2D eigenvalue weighted by atomic mass is 9.88. The Morgan fingerprint density at radius 1 is 1.37 bits per heavy atom. The summed E-state index contributed by atoms with van der Waals surface area (Å²) >= 11 is 0. The zero-order valence-electron chi connectivity index (χ0n) is 12.7. The van der Waals surface area contributed by atoms with Crippen molar-refractivity contribution in [3.8, 4) is 0 Å². The van der Waals surface area contributed by atoms with Crippen molar-refractivity contribution in [3.63, 3.8) is 0 Å². The quantitative estimate of drug-likeness (QED) is 0.550. The van der Waals surface area contributed by atoms with Gasteiger partial charge in [-0.2, -0.15) is 0 Å². The standard InChI is InChI=1S/C15H27NO3/c1-14(2)9-12-10-15(12,11-19-14)8-6-5-7-13(17)16(3)18-4/h12H,5-11H2,1-4H3. The SMILES string of the molecule is CON(C)C(=O)CCCCC12COC(C)(C)CC1C2. The van der Waals surface area contributed by atoms with E-state index in [0.717, 1.165) is 25.4 Å². The number of nitrogens with zero attached hydrogens (tertiary/aromatic N) is 1. The van der Waals surface area contributed by atoms with Gasteiger partial charge in [0, 0.05) is 13.5 Å². The van der Waals surface area contributed by atoms with Gasteiger partial charge in [0.05, 0.1) is 19.3 Å². The smallest absolute Gasteiger partial charge is 0.245 e. The van der Waals surface area contributed by atoms with Crippen molar-refractivity contribution in [1.29, 1.82) is 0 Å². The Bertz CT molecular complexity index is 342. The molecule has 2 fully saturated rings. The maximum absolute atomic E-state index is 11.6. The minimum atomic E-state index is 0.0633. The highest BCUT2D eigenvalue weighted by Crippen LogP contribution is 2.62. The lowest BCUT2D eigenvalue weighted by Gasteiger charge is -2.34. The minimum Gasteiger partial charge on any atom is -0.375 e. The van der Waals surface area contributed by atoms with E-state index >= 15 is 0 Å². The molecule has 4 heteroatoms. The van der Waals surface area contributed by atoms with Crippen LogP contribution in [0.15, 0.2) is 0 Å². The van der Waals surface area contributed by atoms with Crippen LogP contribution in [0.3, 0.4) is 0 Å². The predicted molar refractivity (Wildman–Crippen MR) is 73.4 cm³/mol. The van der Waals surface area contributed by atoms with Crippen LogP contribution in [0, 0.1) is 11.3 Å². The zero-order chi connectivity index (χ0) is 14.1. The first kappa shape index (κ1) is 14.8. The number of amides is 1. The molecular formula is C15H27NO3. The van der Waals surface area contributed by atoms with Gasteiger partial charge in [-0.25, -0.2) is 5.06 Å². The van der Waals surface area contributed by atoms with E-state index in [2.05, 4.69) is 13.8 Å². The number of unbranched alkanes of at least 4 members (excludes halogenated alkanes) is 1. The molecule has 0 aromatic heterocycles. The highest BCUT2D eigenvalue weighted by Gasteiger charge is 2.58. The number of hydrogen-bond donors (Lipinski definition) is 0. The number of hydroxylamine groups is 2. The fourth-order valence-corrected chi connectivity index (χ4v) is 3.28. The molecule has 110 valence electrons. The summed E-state index contributed by atoms with van der Waals surface area (Å²) in [6, 6.07) is 0. The largest absolute Gasteiger partial charge is 0.375 e. The molecule has 4 nitrogen and oxygen atoms in total. The van der Waals surface area contributed by atoms with Crippen molar-refractivity contribution in [2.75, 3.05) is 20.8 Å². The Morgan fingerprint density at radius 2 is 2.11 bits per heavy atom. The van der Waals surface area contributed by atoms with Crippen molar-refractivity contribution in [2.45, 2.75) is 58.0 Å². The molecule has 0 bridgehead atoms. The Balaban J connectivity index is 1.64. The molecule has 1 heterocycles. The van der Waals surface area contributed by atoms with E-state index in [1.807, 2.05) is 0 Å². The molecule has 1 saturated carbocycles. The second kappa shape index (κ2) is 5.41. The average molecular weight is 269 g/mol. The number of ether oxygens (including phenoxy) is 1. The predicted octanol–water partition coefficient (Wildman–Crippen LogP) is 2.77. The third kappa shape index (κ3) is 3.48. The molecule has 0 aromatic rings. The topological polar surface area (TPSA) is 38.8 Å². The van der Waals surface area contributed by atoms with E-state index in [9.17, 15) is 4.79 Å². The molecule has 0 spiro atoms. The maximum atomic E-state index is 11.6. The molecule has 1 saturated heterocycles. The molecule has 0 radical (unpaired) electrons. The van der Waals surface area contributed by atoms with E-state index in [4.69, 9.17) is 9.57 Å². The van der Waals surface area contributed by atoms with Gasteiger partial charge in [-0.15, -0.1) is 0 Å².